The molecule has 0 unspecified atom stereocenters. The van der Waals surface area contributed by atoms with Crippen LogP contribution in [-0.4, -0.2) is 21.0 Å². The fourth-order valence-corrected chi connectivity index (χ4v) is 2.70. The third-order valence-corrected chi connectivity index (χ3v) is 4.17. The lowest BCUT2D eigenvalue weighted by molar-refractivity contribution is 1.03. The fourth-order valence-electron chi connectivity index (χ4n) is 2.70. The summed E-state index contributed by atoms with van der Waals surface area (Å²) in [6.07, 6.45) is 5.94. The second-order valence-corrected chi connectivity index (χ2v) is 6.46. The van der Waals surface area contributed by atoms with E-state index in [4.69, 9.17) is 0 Å². The van der Waals surface area contributed by atoms with E-state index in [0.29, 0.717) is 12.0 Å². The maximum absolute atomic E-state index is 4.66. The van der Waals surface area contributed by atoms with Crippen LogP contribution < -0.4 is 10.6 Å². The van der Waals surface area contributed by atoms with Crippen molar-refractivity contribution in [3.8, 4) is 11.3 Å². The van der Waals surface area contributed by atoms with E-state index < -0.39 is 0 Å². The number of rotatable bonds is 6. The Morgan fingerprint density at radius 1 is 1.04 bits per heavy atom. The number of aryl methyl sites for hydroxylation is 1. The molecule has 0 radical (unpaired) electrons. The summed E-state index contributed by atoms with van der Waals surface area (Å²) in [6.45, 7) is 2.84. The molecule has 4 rings (SSSR count). The summed E-state index contributed by atoms with van der Waals surface area (Å²) in [5.74, 6) is 1.51. The molecule has 2 N–H and O–H groups in total. The van der Waals surface area contributed by atoms with Crippen LogP contribution in [0, 0.1) is 6.92 Å². The van der Waals surface area contributed by atoms with Crippen LogP contribution >= 0.6 is 0 Å². The molecule has 0 saturated heterocycles. The Bertz CT molecular complexity index is 859. The molecule has 0 bridgehead atoms. The van der Waals surface area contributed by atoms with E-state index in [2.05, 4.69) is 56.8 Å². The molecule has 0 aliphatic heterocycles. The number of hydrogen-bond acceptors (Lipinski definition) is 5. The lowest BCUT2D eigenvalue weighted by atomic mass is 10.1. The van der Waals surface area contributed by atoms with Crippen LogP contribution in [0.1, 0.15) is 24.0 Å². The third-order valence-electron chi connectivity index (χ3n) is 4.17. The van der Waals surface area contributed by atoms with Crippen molar-refractivity contribution in [3.05, 3.63) is 66.0 Å². The Morgan fingerprint density at radius 2 is 1.88 bits per heavy atom. The minimum Gasteiger partial charge on any atom is -0.366 e. The molecule has 5 nitrogen and oxygen atoms in total. The van der Waals surface area contributed by atoms with Gasteiger partial charge in [-0.3, -0.25) is 4.98 Å². The molecule has 1 fully saturated rings. The molecule has 0 atom stereocenters. The van der Waals surface area contributed by atoms with E-state index >= 15 is 0 Å². The molecule has 1 aromatic carbocycles. The molecular formula is C20H21N5. The smallest absolute Gasteiger partial charge is 0.225 e. The maximum atomic E-state index is 4.66. The summed E-state index contributed by atoms with van der Waals surface area (Å²) >= 11 is 0. The minimum absolute atomic E-state index is 0.511. The molecule has 0 spiro atoms. The van der Waals surface area contributed by atoms with Crippen LogP contribution in [0.4, 0.5) is 11.8 Å². The van der Waals surface area contributed by atoms with Gasteiger partial charge in [-0.2, -0.15) is 4.98 Å². The standard InChI is InChI=1S/C20H21N5/c1-14-3-2-4-15(11-14)13-22-19-12-18(16-7-9-21-10-8-16)24-20(25-19)23-17-5-6-17/h2-4,7-12,17H,5-6,13H2,1H3,(H2,22,23,24,25). The van der Waals surface area contributed by atoms with E-state index in [1.807, 2.05) is 18.2 Å². The zero-order valence-corrected chi connectivity index (χ0v) is 14.2. The zero-order valence-electron chi connectivity index (χ0n) is 14.2. The van der Waals surface area contributed by atoms with Gasteiger partial charge in [0.1, 0.15) is 5.82 Å². The normalized spacial score (nSPS) is 13.5. The number of aromatic nitrogens is 3. The Morgan fingerprint density at radius 3 is 2.64 bits per heavy atom. The van der Waals surface area contributed by atoms with E-state index in [0.717, 1.165) is 23.6 Å². The highest BCUT2D eigenvalue weighted by molar-refractivity contribution is 5.64. The molecule has 3 aromatic rings. The minimum atomic E-state index is 0.511. The van der Waals surface area contributed by atoms with Crippen LogP contribution in [0.3, 0.4) is 0 Å². The van der Waals surface area contributed by atoms with Gasteiger partial charge in [-0.15, -0.1) is 0 Å². The monoisotopic (exact) mass is 331 g/mol. The quantitative estimate of drug-likeness (QED) is 0.714. The van der Waals surface area contributed by atoms with Gasteiger partial charge in [0.25, 0.3) is 0 Å². The first-order valence-electron chi connectivity index (χ1n) is 8.62. The lowest BCUT2D eigenvalue weighted by Gasteiger charge is -2.11. The molecule has 2 aromatic heterocycles. The highest BCUT2D eigenvalue weighted by atomic mass is 15.2. The van der Waals surface area contributed by atoms with Crippen LogP contribution in [0.2, 0.25) is 0 Å². The number of nitrogens with zero attached hydrogens (tertiary/aromatic N) is 3. The first-order valence-corrected chi connectivity index (χ1v) is 8.62. The summed E-state index contributed by atoms with van der Waals surface area (Å²) in [5.41, 5.74) is 4.43. The van der Waals surface area contributed by atoms with Crippen molar-refractivity contribution in [2.24, 2.45) is 0 Å². The van der Waals surface area contributed by atoms with Gasteiger partial charge < -0.3 is 10.6 Å². The molecule has 2 heterocycles. The Kier molecular flexibility index (Phi) is 4.29. The van der Waals surface area contributed by atoms with Crippen molar-refractivity contribution >= 4 is 11.8 Å². The highest BCUT2D eigenvalue weighted by Crippen LogP contribution is 2.26. The Labute approximate surface area is 147 Å². The van der Waals surface area contributed by atoms with Gasteiger partial charge >= 0.3 is 0 Å². The first-order chi connectivity index (χ1) is 12.3. The molecule has 0 amide bonds. The summed E-state index contributed by atoms with van der Waals surface area (Å²) in [6, 6.07) is 14.9. The van der Waals surface area contributed by atoms with Crippen LogP contribution in [-0.2, 0) is 6.54 Å². The molecule has 5 heteroatoms. The van der Waals surface area contributed by atoms with Gasteiger partial charge in [-0.05, 0) is 37.5 Å². The second kappa shape index (κ2) is 6.89. The van der Waals surface area contributed by atoms with Crippen molar-refractivity contribution in [3.63, 3.8) is 0 Å². The average Bonchev–Trinajstić information content (AvgIpc) is 3.45. The summed E-state index contributed by atoms with van der Waals surface area (Å²) in [4.78, 5) is 13.4. The van der Waals surface area contributed by atoms with Gasteiger partial charge in [-0.1, -0.05) is 29.8 Å². The molecule has 1 saturated carbocycles. The van der Waals surface area contributed by atoms with Crippen molar-refractivity contribution < 1.29 is 0 Å². The largest absolute Gasteiger partial charge is 0.366 e. The van der Waals surface area contributed by atoms with Crippen LogP contribution in [0.25, 0.3) is 11.3 Å². The fraction of sp³-hybridized carbons (Fsp3) is 0.250. The molecule has 126 valence electrons. The van der Waals surface area contributed by atoms with Gasteiger partial charge in [0.2, 0.25) is 5.95 Å². The predicted molar refractivity (Wildman–Crippen MR) is 100 cm³/mol. The molecular weight excluding hydrogens is 310 g/mol. The molecule has 1 aliphatic rings. The second-order valence-electron chi connectivity index (χ2n) is 6.46. The maximum Gasteiger partial charge on any atom is 0.225 e. The van der Waals surface area contributed by atoms with E-state index in [-0.39, 0.29) is 0 Å². The summed E-state index contributed by atoms with van der Waals surface area (Å²) < 4.78 is 0. The van der Waals surface area contributed by atoms with Gasteiger partial charge in [-0.25, -0.2) is 4.98 Å². The summed E-state index contributed by atoms with van der Waals surface area (Å²) in [5, 5.41) is 6.82. The highest BCUT2D eigenvalue weighted by Gasteiger charge is 2.22. The van der Waals surface area contributed by atoms with Crippen LogP contribution in [0.5, 0.6) is 0 Å². The summed E-state index contributed by atoms with van der Waals surface area (Å²) in [7, 11) is 0. The lowest BCUT2D eigenvalue weighted by Crippen LogP contribution is -2.09. The number of anilines is 2. The first kappa shape index (κ1) is 15.6. The number of pyridine rings is 1. The number of benzene rings is 1. The van der Waals surface area contributed by atoms with E-state index in [1.54, 1.807) is 12.4 Å². The third kappa shape index (κ3) is 4.12. The topological polar surface area (TPSA) is 62.7 Å². The SMILES string of the molecule is Cc1cccc(CNc2cc(-c3ccncc3)nc(NC3CC3)n2)c1. The van der Waals surface area contributed by atoms with E-state index in [9.17, 15) is 0 Å². The Balaban J connectivity index is 1.59. The number of hydrogen-bond donors (Lipinski definition) is 2. The van der Waals surface area contributed by atoms with Crippen LogP contribution in [0.15, 0.2) is 54.9 Å². The van der Waals surface area contributed by atoms with Gasteiger partial charge in [0.05, 0.1) is 5.69 Å². The average molecular weight is 331 g/mol. The van der Waals surface area contributed by atoms with Crippen molar-refractivity contribution in [2.45, 2.75) is 32.4 Å². The van der Waals surface area contributed by atoms with Gasteiger partial charge in [0, 0.05) is 36.6 Å². The van der Waals surface area contributed by atoms with Crippen molar-refractivity contribution in [2.75, 3.05) is 10.6 Å². The molecule has 1 aliphatic carbocycles. The Hall–Kier alpha value is -2.95. The van der Waals surface area contributed by atoms with Crippen molar-refractivity contribution in [1.82, 2.24) is 15.0 Å². The number of nitrogens with one attached hydrogen (secondary N) is 2. The zero-order chi connectivity index (χ0) is 17.1. The van der Waals surface area contributed by atoms with E-state index in [1.165, 1.54) is 24.0 Å². The van der Waals surface area contributed by atoms with Gasteiger partial charge in [0.15, 0.2) is 0 Å². The van der Waals surface area contributed by atoms with Crippen molar-refractivity contribution in [1.29, 1.82) is 0 Å². The predicted octanol–water partition coefficient (Wildman–Crippen LogP) is 4.03. The molecule has 25 heavy (non-hydrogen) atoms.